The van der Waals surface area contributed by atoms with Crippen LogP contribution in [0.1, 0.15) is 64.8 Å². The SMILES string of the molecule is NC1CCC2(CCOCC2)N(Cc2ccc3c(c2)C(=O)N(C2CCC(=O)NC2=O)C3=O)C1. The molecule has 32 heavy (non-hydrogen) atoms. The van der Waals surface area contributed by atoms with Gasteiger partial charge in [0.15, 0.2) is 0 Å². The Morgan fingerprint density at radius 2 is 1.78 bits per heavy atom. The molecule has 1 aromatic rings. The molecule has 3 N–H and O–H groups in total. The fraction of sp³-hybridized carbons (Fsp3) is 0.565. The minimum Gasteiger partial charge on any atom is -0.381 e. The summed E-state index contributed by atoms with van der Waals surface area (Å²) < 4.78 is 5.59. The van der Waals surface area contributed by atoms with Gasteiger partial charge in [0, 0.05) is 44.3 Å². The zero-order chi connectivity index (χ0) is 22.5. The molecule has 3 saturated heterocycles. The van der Waals surface area contributed by atoms with E-state index in [0.29, 0.717) is 17.7 Å². The summed E-state index contributed by atoms with van der Waals surface area (Å²) in [7, 11) is 0. The van der Waals surface area contributed by atoms with E-state index in [1.807, 2.05) is 6.07 Å². The van der Waals surface area contributed by atoms with Crippen LogP contribution in [0.15, 0.2) is 18.2 Å². The molecule has 0 radical (unpaired) electrons. The van der Waals surface area contributed by atoms with Gasteiger partial charge in [-0.2, -0.15) is 0 Å². The third-order valence-corrected chi connectivity index (χ3v) is 7.41. The topological polar surface area (TPSA) is 122 Å². The van der Waals surface area contributed by atoms with E-state index in [2.05, 4.69) is 10.2 Å². The molecule has 4 heterocycles. The molecular formula is C23H28N4O5. The van der Waals surface area contributed by atoms with Gasteiger partial charge in [-0.25, -0.2) is 0 Å². The van der Waals surface area contributed by atoms with Gasteiger partial charge in [-0.1, -0.05) is 6.07 Å². The fourth-order valence-corrected chi connectivity index (χ4v) is 5.57. The zero-order valence-electron chi connectivity index (χ0n) is 18.0. The fourth-order valence-electron chi connectivity index (χ4n) is 5.57. The lowest BCUT2D eigenvalue weighted by Gasteiger charge is -2.51. The van der Waals surface area contributed by atoms with E-state index in [9.17, 15) is 19.2 Å². The summed E-state index contributed by atoms with van der Waals surface area (Å²) in [5.41, 5.74) is 7.91. The summed E-state index contributed by atoms with van der Waals surface area (Å²) in [6.07, 6.45) is 4.21. The minimum atomic E-state index is -0.950. The van der Waals surface area contributed by atoms with E-state index < -0.39 is 23.8 Å². The lowest BCUT2D eigenvalue weighted by molar-refractivity contribution is -0.136. The summed E-state index contributed by atoms with van der Waals surface area (Å²) in [4.78, 5) is 53.2. The van der Waals surface area contributed by atoms with Crippen molar-refractivity contribution in [1.29, 1.82) is 0 Å². The summed E-state index contributed by atoms with van der Waals surface area (Å²) in [6, 6.07) is 4.50. The smallest absolute Gasteiger partial charge is 0.262 e. The van der Waals surface area contributed by atoms with Crippen molar-refractivity contribution in [3.05, 3.63) is 34.9 Å². The first-order valence-corrected chi connectivity index (χ1v) is 11.3. The number of hydrogen-bond acceptors (Lipinski definition) is 7. The number of piperidine rings is 2. The molecule has 4 aliphatic heterocycles. The first-order chi connectivity index (χ1) is 15.4. The number of imide groups is 2. The Bertz CT molecular complexity index is 987. The molecule has 1 aromatic carbocycles. The zero-order valence-corrected chi connectivity index (χ0v) is 18.0. The molecule has 0 aliphatic carbocycles. The third-order valence-electron chi connectivity index (χ3n) is 7.41. The molecule has 2 atom stereocenters. The highest BCUT2D eigenvalue weighted by Crippen LogP contribution is 2.38. The number of carbonyl (C=O) groups excluding carboxylic acids is 4. The van der Waals surface area contributed by atoms with E-state index in [4.69, 9.17) is 10.5 Å². The predicted molar refractivity (Wildman–Crippen MR) is 114 cm³/mol. The van der Waals surface area contributed by atoms with Gasteiger partial charge in [0.2, 0.25) is 11.8 Å². The Balaban J connectivity index is 1.39. The molecule has 0 aromatic heterocycles. The van der Waals surface area contributed by atoms with Crippen molar-refractivity contribution in [3.8, 4) is 0 Å². The van der Waals surface area contributed by atoms with Crippen LogP contribution in [0.25, 0.3) is 0 Å². The molecule has 4 amide bonds. The Morgan fingerprint density at radius 1 is 1.03 bits per heavy atom. The summed E-state index contributed by atoms with van der Waals surface area (Å²) >= 11 is 0. The van der Waals surface area contributed by atoms with Crippen molar-refractivity contribution in [2.75, 3.05) is 19.8 Å². The van der Waals surface area contributed by atoms with E-state index >= 15 is 0 Å². The molecule has 9 nitrogen and oxygen atoms in total. The summed E-state index contributed by atoms with van der Waals surface area (Å²) in [5, 5.41) is 2.22. The monoisotopic (exact) mass is 440 g/mol. The van der Waals surface area contributed by atoms with Crippen molar-refractivity contribution in [2.24, 2.45) is 5.73 Å². The van der Waals surface area contributed by atoms with Crippen LogP contribution >= 0.6 is 0 Å². The second-order valence-electron chi connectivity index (χ2n) is 9.34. The van der Waals surface area contributed by atoms with E-state index in [1.165, 1.54) is 0 Å². The minimum absolute atomic E-state index is 0.0612. The van der Waals surface area contributed by atoms with Gasteiger partial charge in [-0.3, -0.25) is 34.3 Å². The van der Waals surface area contributed by atoms with Crippen molar-refractivity contribution >= 4 is 23.6 Å². The van der Waals surface area contributed by atoms with E-state index in [-0.39, 0.29) is 30.3 Å². The molecule has 2 unspecified atom stereocenters. The van der Waals surface area contributed by atoms with Crippen LogP contribution in [0.5, 0.6) is 0 Å². The molecule has 170 valence electrons. The first-order valence-electron chi connectivity index (χ1n) is 11.3. The molecule has 3 fully saturated rings. The Morgan fingerprint density at radius 3 is 2.53 bits per heavy atom. The third kappa shape index (κ3) is 3.54. The molecule has 4 aliphatic rings. The average Bonchev–Trinajstić information content (AvgIpc) is 3.02. The number of ether oxygens (including phenoxy) is 1. The number of rotatable bonds is 3. The number of likely N-dealkylation sites (tertiary alicyclic amines) is 1. The Hall–Kier alpha value is -2.62. The number of fused-ring (bicyclic) bond motifs is 1. The van der Waals surface area contributed by atoms with Crippen LogP contribution < -0.4 is 11.1 Å². The number of hydrogen-bond donors (Lipinski definition) is 2. The highest BCUT2D eigenvalue weighted by molar-refractivity contribution is 6.23. The van der Waals surface area contributed by atoms with Crippen molar-refractivity contribution in [3.63, 3.8) is 0 Å². The van der Waals surface area contributed by atoms with E-state index in [0.717, 1.165) is 55.9 Å². The normalized spacial score (nSPS) is 28.2. The number of nitrogens with two attached hydrogens (primary N) is 1. The maximum absolute atomic E-state index is 13.1. The van der Waals surface area contributed by atoms with Crippen LogP contribution in [0.2, 0.25) is 0 Å². The Labute approximate surface area is 186 Å². The van der Waals surface area contributed by atoms with Crippen LogP contribution in [0.3, 0.4) is 0 Å². The Kier molecular flexibility index (Phi) is 5.35. The molecule has 0 saturated carbocycles. The van der Waals surface area contributed by atoms with Crippen molar-refractivity contribution < 1.29 is 23.9 Å². The molecule has 0 bridgehead atoms. The van der Waals surface area contributed by atoms with Crippen LogP contribution in [0.4, 0.5) is 0 Å². The molecular weight excluding hydrogens is 412 g/mol. The standard InChI is InChI=1S/C23H28N4O5/c24-15-5-6-23(7-9-32-10-8-23)26(13-15)12-14-1-2-16-17(11-14)22(31)27(21(16)30)18-3-4-19(28)25-20(18)29/h1-2,11,15,18H,3-10,12-13,24H2,(H,25,28,29). The maximum atomic E-state index is 13.1. The molecule has 5 rings (SSSR count). The number of carbonyl (C=O) groups is 4. The second kappa shape index (κ2) is 8.06. The largest absolute Gasteiger partial charge is 0.381 e. The molecule has 1 spiro atoms. The summed E-state index contributed by atoms with van der Waals surface area (Å²) in [6.45, 7) is 2.90. The van der Waals surface area contributed by atoms with Gasteiger partial charge in [0.05, 0.1) is 11.1 Å². The van der Waals surface area contributed by atoms with Crippen molar-refractivity contribution in [2.45, 2.75) is 62.7 Å². The highest BCUT2D eigenvalue weighted by Gasteiger charge is 2.45. The van der Waals surface area contributed by atoms with Gasteiger partial charge in [-0.15, -0.1) is 0 Å². The summed E-state index contributed by atoms with van der Waals surface area (Å²) in [5.74, 6) is -1.93. The van der Waals surface area contributed by atoms with Crippen molar-refractivity contribution in [1.82, 2.24) is 15.1 Å². The van der Waals surface area contributed by atoms with Crippen LogP contribution in [-0.2, 0) is 20.9 Å². The average molecular weight is 441 g/mol. The van der Waals surface area contributed by atoms with Crippen LogP contribution in [-0.4, -0.2) is 70.8 Å². The van der Waals surface area contributed by atoms with Crippen LogP contribution in [0, 0.1) is 0 Å². The van der Waals surface area contributed by atoms with Gasteiger partial charge in [-0.05, 0) is 49.8 Å². The van der Waals surface area contributed by atoms with E-state index in [1.54, 1.807) is 12.1 Å². The lowest BCUT2D eigenvalue weighted by atomic mass is 9.78. The number of amides is 4. The number of benzene rings is 1. The quantitative estimate of drug-likeness (QED) is 0.659. The van der Waals surface area contributed by atoms with Gasteiger partial charge in [0.1, 0.15) is 6.04 Å². The van der Waals surface area contributed by atoms with Gasteiger partial charge < -0.3 is 10.5 Å². The first kappa shape index (κ1) is 21.2. The number of nitrogens with zero attached hydrogens (tertiary/aromatic N) is 2. The predicted octanol–water partition coefficient (Wildman–Crippen LogP) is 0.560. The van der Waals surface area contributed by atoms with Gasteiger partial charge in [0.25, 0.3) is 11.8 Å². The highest BCUT2D eigenvalue weighted by atomic mass is 16.5. The van der Waals surface area contributed by atoms with Gasteiger partial charge >= 0.3 is 0 Å². The number of nitrogens with one attached hydrogen (secondary N) is 1. The lowest BCUT2D eigenvalue weighted by Crippen LogP contribution is -2.59. The maximum Gasteiger partial charge on any atom is 0.262 e. The molecule has 9 heteroatoms. The second-order valence-corrected chi connectivity index (χ2v) is 9.34.